The number of carboxylic acids is 1. The highest BCUT2D eigenvalue weighted by molar-refractivity contribution is 9.10. The molecule has 1 saturated carbocycles. The Labute approximate surface area is 249 Å². The van der Waals surface area contributed by atoms with Gasteiger partial charge in [-0.3, -0.25) is 15.0 Å². The molecule has 13 heteroatoms. The number of benzene rings is 2. The number of carbonyl (C=O) groups is 3. The van der Waals surface area contributed by atoms with E-state index in [-0.39, 0.29) is 42.8 Å². The van der Waals surface area contributed by atoms with Gasteiger partial charge < -0.3 is 20.5 Å². The van der Waals surface area contributed by atoms with Gasteiger partial charge in [-0.2, -0.15) is 13.2 Å². The van der Waals surface area contributed by atoms with E-state index in [1.54, 1.807) is 12.1 Å². The molecule has 1 aliphatic carbocycles. The van der Waals surface area contributed by atoms with Crippen molar-refractivity contribution in [3.05, 3.63) is 63.9 Å². The quantitative estimate of drug-likeness (QED) is 0.138. The average molecular weight is 661 g/mol. The summed E-state index contributed by atoms with van der Waals surface area (Å²) in [7, 11) is 1.40. The second-order valence-corrected chi connectivity index (χ2v) is 10.8. The standard InChI is InChI=1S/C27H33BrFN3O3.C2HF3O2/c1-35-24-14-19(11-12-23(24)29)17-31-27(34)21(13-18-7-3-2-4-8-18)15-25(30)32-26(33)16-20-9-5-6-10-22(20)28;3-2(4,5)1(6)7/h5-6,9-12,14,18,21H,2-4,7-8,13,15-17H2,1H3,(H,31,34)(H2,30,32,33);(H,6,7)/t21-;/m0./s1. The summed E-state index contributed by atoms with van der Waals surface area (Å²) < 4.78 is 51.3. The van der Waals surface area contributed by atoms with Crippen LogP contribution in [-0.4, -0.2) is 42.0 Å². The number of amides is 2. The molecule has 0 heterocycles. The lowest BCUT2D eigenvalue weighted by Crippen LogP contribution is -2.38. The molecule has 2 aromatic carbocycles. The number of aliphatic carboxylic acids is 1. The van der Waals surface area contributed by atoms with Crippen LogP contribution >= 0.6 is 15.9 Å². The molecule has 8 nitrogen and oxygen atoms in total. The van der Waals surface area contributed by atoms with Crippen molar-refractivity contribution in [2.45, 2.75) is 64.1 Å². The summed E-state index contributed by atoms with van der Waals surface area (Å²) in [5.41, 5.74) is 1.56. The number of rotatable bonds is 10. The van der Waals surface area contributed by atoms with Crippen molar-refractivity contribution in [2.24, 2.45) is 11.8 Å². The van der Waals surface area contributed by atoms with E-state index in [1.807, 2.05) is 24.3 Å². The number of halogens is 5. The van der Waals surface area contributed by atoms with Crippen LogP contribution in [-0.2, 0) is 27.3 Å². The van der Waals surface area contributed by atoms with Gasteiger partial charge in [-0.15, -0.1) is 0 Å². The Morgan fingerprint density at radius 3 is 2.36 bits per heavy atom. The summed E-state index contributed by atoms with van der Waals surface area (Å²) in [4.78, 5) is 34.5. The fourth-order valence-electron chi connectivity index (χ4n) is 4.58. The fraction of sp³-hybridized carbons (Fsp3) is 0.448. The highest BCUT2D eigenvalue weighted by Gasteiger charge is 2.38. The summed E-state index contributed by atoms with van der Waals surface area (Å²) in [6.45, 7) is 0.234. The first-order chi connectivity index (χ1) is 19.8. The molecule has 0 aliphatic heterocycles. The SMILES string of the molecule is COc1cc(CNC(=O)[C@H](CC(=N)NC(=O)Cc2ccccc2Br)CC2CCCCC2)ccc1F.O=C(O)C(F)(F)F. The van der Waals surface area contributed by atoms with E-state index in [2.05, 4.69) is 26.6 Å². The highest BCUT2D eigenvalue weighted by atomic mass is 79.9. The van der Waals surface area contributed by atoms with Crippen molar-refractivity contribution < 1.29 is 41.8 Å². The van der Waals surface area contributed by atoms with Crippen LogP contribution in [0.4, 0.5) is 17.6 Å². The molecule has 0 spiro atoms. The molecule has 2 amide bonds. The van der Waals surface area contributed by atoms with Gasteiger partial charge in [0.05, 0.1) is 13.5 Å². The van der Waals surface area contributed by atoms with Gasteiger partial charge in [0, 0.05) is 23.4 Å². The molecule has 1 aliphatic rings. The maximum absolute atomic E-state index is 13.7. The first-order valence-electron chi connectivity index (χ1n) is 13.3. The molecule has 0 radical (unpaired) electrons. The number of hydrogen-bond donors (Lipinski definition) is 4. The van der Waals surface area contributed by atoms with Crippen molar-refractivity contribution in [1.29, 1.82) is 5.41 Å². The number of alkyl halides is 3. The van der Waals surface area contributed by atoms with Crippen LogP contribution < -0.4 is 15.4 Å². The molecule has 0 saturated heterocycles. The van der Waals surface area contributed by atoms with E-state index in [9.17, 15) is 27.2 Å². The Morgan fingerprint density at radius 2 is 1.76 bits per heavy atom. The van der Waals surface area contributed by atoms with Gasteiger partial charge in [0.1, 0.15) is 5.84 Å². The molecule has 42 heavy (non-hydrogen) atoms. The van der Waals surface area contributed by atoms with E-state index in [4.69, 9.17) is 20.0 Å². The molecule has 2 aromatic rings. The van der Waals surface area contributed by atoms with Crippen molar-refractivity contribution >= 4 is 39.5 Å². The van der Waals surface area contributed by atoms with E-state index in [0.717, 1.165) is 41.3 Å². The van der Waals surface area contributed by atoms with Gasteiger partial charge >= 0.3 is 12.1 Å². The molecular weight excluding hydrogens is 626 g/mol. The van der Waals surface area contributed by atoms with Crippen LogP contribution in [0, 0.1) is 23.1 Å². The molecular formula is C29H34BrF4N3O5. The van der Waals surface area contributed by atoms with Crippen LogP contribution in [0.3, 0.4) is 0 Å². The monoisotopic (exact) mass is 659 g/mol. The average Bonchev–Trinajstić information content (AvgIpc) is 2.93. The molecule has 1 atom stereocenters. The van der Waals surface area contributed by atoms with Gasteiger partial charge in [-0.1, -0.05) is 72.3 Å². The number of methoxy groups -OCH3 is 1. The van der Waals surface area contributed by atoms with Crippen molar-refractivity contribution in [3.63, 3.8) is 0 Å². The van der Waals surface area contributed by atoms with Crippen LogP contribution in [0.2, 0.25) is 0 Å². The zero-order chi connectivity index (χ0) is 31.3. The number of hydrogen-bond acceptors (Lipinski definition) is 5. The molecule has 0 bridgehead atoms. The lowest BCUT2D eigenvalue weighted by molar-refractivity contribution is -0.192. The third-order valence-corrected chi connectivity index (χ3v) is 7.46. The molecule has 4 N–H and O–H groups in total. The largest absolute Gasteiger partial charge is 0.494 e. The lowest BCUT2D eigenvalue weighted by Gasteiger charge is -2.26. The minimum absolute atomic E-state index is 0.0430. The Balaban J connectivity index is 0.000000782. The number of carbonyl (C=O) groups excluding carboxylic acids is 2. The van der Waals surface area contributed by atoms with Gasteiger partial charge in [-0.05, 0) is 41.7 Å². The van der Waals surface area contributed by atoms with Gasteiger partial charge in [0.25, 0.3) is 0 Å². The van der Waals surface area contributed by atoms with Gasteiger partial charge in [0.15, 0.2) is 11.6 Å². The van der Waals surface area contributed by atoms with Crippen LogP contribution in [0.5, 0.6) is 5.75 Å². The number of carboxylic acid groups (broad SMARTS) is 1. The lowest BCUT2D eigenvalue weighted by atomic mass is 9.81. The Morgan fingerprint density at radius 1 is 1.12 bits per heavy atom. The Hall–Kier alpha value is -3.48. The summed E-state index contributed by atoms with van der Waals surface area (Å²) >= 11 is 3.44. The minimum atomic E-state index is -5.08. The Kier molecular flexibility index (Phi) is 13.9. The van der Waals surface area contributed by atoms with Crippen molar-refractivity contribution in [2.75, 3.05) is 7.11 Å². The zero-order valence-corrected chi connectivity index (χ0v) is 24.6. The normalized spacial score (nSPS) is 14.1. The first-order valence-corrected chi connectivity index (χ1v) is 14.1. The molecule has 0 unspecified atom stereocenters. The maximum Gasteiger partial charge on any atom is 0.490 e. The Bertz CT molecular complexity index is 1240. The topological polar surface area (TPSA) is 129 Å². The third-order valence-electron chi connectivity index (χ3n) is 6.69. The van der Waals surface area contributed by atoms with Crippen molar-refractivity contribution in [1.82, 2.24) is 10.6 Å². The molecule has 1 fully saturated rings. The van der Waals surface area contributed by atoms with Crippen LogP contribution in [0.1, 0.15) is 56.1 Å². The van der Waals surface area contributed by atoms with Crippen molar-refractivity contribution in [3.8, 4) is 5.75 Å². The summed E-state index contributed by atoms with van der Waals surface area (Å²) in [5.74, 6) is -3.46. The number of nitrogens with one attached hydrogen (secondary N) is 3. The second-order valence-electron chi connectivity index (χ2n) is 9.93. The number of ether oxygens (including phenoxy) is 1. The molecule has 3 rings (SSSR count). The van der Waals surface area contributed by atoms with Gasteiger partial charge in [0.2, 0.25) is 11.8 Å². The molecule has 0 aromatic heterocycles. The van der Waals surface area contributed by atoms with Crippen LogP contribution in [0.15, 0.2) is 46.9 Å². The van der Waals surface area contributed by atoms with E-state index in [1.165, 1.54) is 19.6 Å². The predicted octanol–water partition coefficient (Wildman–Crippen LogP) is 6.16. The highest BCUT2D eigenvalue weighted by Crippen LogP contribution is 2.30. The minimum Gasteiger partial charge on any atom is -0.494 e. The predicted molar refractivity (Wildman–Crippen MR) is 152 cm³/mol. The zero-order valence-electron chi connectivity index (χ0n) is 23.0. The van der Waals surface area contributed by atoms with E-state index < -0.39 is 23.9 Å². The van der Waals surface area contributed by atoms with E-state index in [0.29, 0.717) is 12.3 Å². The molecule has 230 valence electrons. The summed E-state index contributed by atoms with van der Waals surface area (Å²) in [5, 5.41) is 21.1. The fourth-order valence-corrected chi connectivity index (χ4v) is 5.01. The smallest absolute Gasteiger partial charge is 0.490 e. The van der Waals surface area contributed by atoms with Crippen LogP contribution in [0.25, 0.3) is 0 Å². The van der Waals surface area contributed by atoms with E-state index >= 15 is 0 Å². The third kappa shape index (κ3) is 12.2. The second kappa shape index (κ2) is 16.8. The maximum atomic E-state index is 13.7. The summed E-state index contributed by atoms with van der Waals surface area (Å²) in [6.07, 6.45) is 1.62. The first kappa shape index (κ1) is 34.7. The summed E-state index contributed by atoms with van der Waals surface area (Å²) in [6, 6.07) is 12.0. The van der Waals surface area contributed by atoms with Gasteiger partial charge in [-0.25, -0.2) is 9.18 Å². The number of amidine groups is 1.